The first-order valence-electron chi connectivity index (χ1n) is 12.7. The van der Waals surface area contributed by atoms with E-state index in [1.54, 1.807) is 24.4 Å². The average Bonchev–Trinajstić information content (AvgIpc) is 3.54. The van der Waals surface area contributed by atoms with Crippen molar-refractivity contribution in [3.63, 3.8) is 0 Å². The predicted octanol–water partition coefficient (Wildman–Crippen LogP) is 5.19. The molecule has 39 heavy (non-hydrogen) atoms. The van der Waals surface area contributed by atoms with Crippen molar-refractivity contribution in [2.75, 3.05) is 11.9 Å². The number of aromatic nitrogens is 2. The van der Waals surface area contributed by atoms with Crippen molar-refractivity contribution in [3.05, 3.63) is 113 Å². The lowest BCUT2D eigenvalue weighted by atomic mass is 10.0. The van der Waals surface area contributed by atoms with Crippen LogP contribution in [-0.2, 0) is 4.79 Å². The van der Waals surface area contributed by atoms with E-state index in [1.165, 1.54) is 0 Å². The summed E-state index contributed by atoms with van der Waals surface area (Å²) in [6.07, 6.45) is 3.88. The zero-order valence-electron chi connectivity index (χ0n) is 21.7. The fourth-order valence-corrected chi connectivity index (χ4v) is 5.26. The summed E-state index contributed by atoms with van der Waals surface area (Å²) in [5, 5.41) is 16.5. The van der Waals surface area contributed by atoms with Gasteiger partial charge in [0.15, 0.2) is 5.11 Å². The first-order valence-corrected chi connectivity index (χ1v) is 13.1. The maximum Gasteiger partial charge on any atom is 0.335 e. The van der Waals surface area contributed by atoms with Crippen molar-refractivity contribution >= 4 is 34.9 Å². The number of carbonyl (C=O) groups excluding carboxylic acids is 1. The van der Waals surface area contributed by atoms with Gasteiger partial charge >= 0.3 is 5.97 Å². The fourth-order valence-electron chi connectivity index (χ4n) is 4.93. The van der Waals surface area contributed by atoms with Gasteiger partial charge < -0.3 is 25.2 Å². The summed E-state index contributed by atoms with van der Waals surface area (Å²) in [4.78, 5) is 31.2. The van der Waals surface area contributed by atoms with Crippen molar-refractivity contribution in [1.29, 1.82) is 0 Å². The lowest BCUT2D eigenvalue weighted by Gasteiger charge is -2.29. The molecule has 2 aromatic heterocycles. The Balaban J connectivity index is 1.46. The van der Waals surface area contributed by atoms with Gasteiger partial charge in [0, 0.05) is 42.4 Å². The molecule has 0 spiro atoms. The minimum absolute atomic E-state index is 0.101. The van der Waals surface area contributed by atoms with E-state index in [2.05, 4.69) is 15.6 Å². The third kappa shape index (κ3) is 5.53. The van der Waals surface area contributed by atoms with Crippen LogP contribution in [0.4, 0.5) is 5.69 Å². The molecule has 4 aromatic rings. The van der Waals surface area contributed by atoms with Gasteiger partial charge in [0.05, 0.1) is 23.3 Å². The lowest BCUT2D eigenvalue weighted by molar-refractivity contribution is -0.116. The van der Waals surface area contributed by atoms with Crippen LogP contribution in [0.15, 0.2) is 85.2 Å². The van der Waals surface area contributed by atoms with Gasteiger partial charge in [0.1, 0.15) is 0 Å². The number of carboxylic acids is 1. The number of anilines is 1. The zero-order chi connectivity index (χ0) is 27.5. The van der Waals surface area contributed by atoms with Crippen LogP contribution in [0.1, 0.15) is 51.4 Å². The summed E-state index contributed by atoms with van der Waals surface area (Å²) in [7, 11) is 0. The van der Waals surface area contributed by atoms with Gasteiger partial charge in [-0.3, -0.25) is 9.78 Å². The van der Waals surface area contributed by atoms with Crippen molar-refractivity contribution < 1.29 is 14.7 Å². The smallest absolute Gasteiger partial charge is 0.335 e. The molecule has 2 atom stereocenters. The monoisotopic (exact) mass is 539 g/mol. The molecule has 0 unspecified atom stereocenters. The van der Waals surface area contributed by atoms with E-state index in [0.717, 1.165) is 33.9 Å². The van der Waals surface area contributed by atoms with Crippen LogP contribution >= 0.6 is 12.2 Å². The molecule has 0 aliphatic carbocycles. The highest BCUT2D eigenvalue weighted by atomic mass is 32.1. The molecule has 0 bridgehead atoms. The van der Waals surface area contributed by atoms with Crippen LogP contribution in [-0.4, -0.2) is 43.1 Å². The van der Waals surface area contributed by atoms with Gasteiger partial charge in [-0.1, -0.05) is 24.3 Å². The normalized spacial score (nSPS) is 16.7. The Morgan fingerprint density at radius 1 is 1.05 bits per heavy atom. The summed E-state index contributed by atoms with van der Waals surface area (Å²) in [5.74, 6) is -1.09. The van der Waals surface area contributed by atoms with Crippen molar-refractivity contribution in [2.45, 2.75) is 32.4 Å². The van der Waals surface area contributed by atoms with E-state index >= 15 is 0 Å². The molecular formula is C30H29N5O3S. The number of benzene rings is 2. The highest BCUT2D eigenvalue weighted by Crippen LogP contribution is 2.39. The second-order valence-electron chi connectivity index (χ2n) is 9.60. The number of hydrogen-bond donors (Lipinski definition) is 3. The van der Waals surface area contributed by atoms with Crippen LogP contribution in [0.2, 0.25) is 0 Å². The summed E-state index contributed by atoms with van der Waals surface area (Å²) >= 11 is 5.77. The molecule has 9 heteroatoms. The predicted molar refractivity (Wildman–Crippen MR) is 154 cm³/mol. The first kappa shape index (κ1) is 26.1. The summed E-state index contributed by atoms with van der Waals surface area (Å²) in [6.45, 7) is 4.35. The molecular weight excluding hydrogens is 510 g/mol. The van der Waals surface area contributed by atoms with Crippen molar-refractivity contribution in [3.8, 4) is 5.69 Å². The number of carbonyl (C=O) groups is 2. The van der Waals surface area contributed by atoms with E-state index in [-0.39, 0.29) is 30.0 Å². The second-order valence-corrected chi connectivity index (χ2v) is 9.98. The molecule has 5 rings (SSSR count). The number of pyridine rings is 1. The summed E-state index contributed by atoms with van der Waals surface area (Å²) < 4.78 is 1.96. The maximum atomic E-state index is 13.0. The standard InChI is InChI=1S/C30H29N5O3S/c1-19-11-12-20(2)24(17-19)32-26(36)13-16-35-28(27(33-30(35)39)23-9-3-4-14-31-23)25-10-6-15-34(25)22-8-5-7-21(18-22)29(37)38/h3-12,14-15,17-18,27-28H,13,16H2,1-2H3,(H,32,36)(H,33,39)(H,37,38)/t27-,28+/m1/s1. The number of aryl methyl sites for hydroxylation is 2. The zero-order valence-corrected chi connectivity index (χ0v) is 22.5. The number of aromatic carboxylic acids is 1. The molecule has 1 saturated heterocycles. The second kappa shape index (κ2) is 11.1. The average molecular weight is 540 g/mol. The van der Waals surface area contributed by atoms with E-state index in [1.807, 2.05) is 84.1 Å². The number of thiocarbonyl (C=S) groups is 1. The molecule has 1 aliphatic rings. The molecule has 1 amide bonds. The number of nitrogens with zero attached hydrogens (tertiary/aromatic N) is 3. The van der Waals surface area contributed by atoms with Gasteiger partial charge in [0.2, 0.25) is 5.91 Å². The number of hydrogen-bond acceptors (Lipinski definition) is 4. The topological polar surface area (TPSA) is 99.5 Å². The van der Waals surface area contributed by atoms with E-state index in [4.69, 9.17) is 12.2 Å². The number of nitrogens with one attached hydrogen (secondary N) is 2. The number of amides is 1. The van der Waals surface area contributed by atoms with Gasteiger partial charge in [-0.2, -0.15) is 0 Å². The summed E-state index contributed by atoms with van der Waals surface area (Å²) in [5.41, 5.74) is 5.52. The fraction of sp³-hybridized carbons (Fsp3) is 0.200. The minimum atomic E-state index is -0.989. The van der Waals surface area contributed by atoms with E-state index in [9.17, 15) is 14.7 Å². The van der Waals surface area contributed by atoms with Gasteiger partial charge in [0.25, 0.3) is 0 Å². The Hall–Kier alpha value is -4.50. The van der Waals surface area contributed by atoms with E-state index in [0.29, 0.717) is 11.7 Å². The Bertz CT molecular complexity index is 1530. The first-order chi connectivity index (χ1) is 18.8. The van der Waals surface area contributed by atoms with Crippen LogP contribution in [0, 0.1) is 13.8 Å². The Labute approximate surface area is 232 Å². The van der Waals surface area contributed by atoms with Crippen LogP contribution < -0.4 is 10.6 Å². The highest BCUT2D eigenvalue weighted by Gasteiger charge is 2.41. The van der Waals surface area contributed by atoms with Crippen LogP contribution in [0.25, 0.3) is 5.69 Å². The lowest BCUT2D eigenvalue weighted by Crippen LogP contribution is -2.33. The molecule has 1 aliphatic heterocycles. The van der Waals surface area contributed by atoms with Gasteiger partial charge in [-0.25, -0.2) is 4.79 Å². The molecule has 198 valence electrons. The highest BCUT2D eigenvalue weighted by molar-refractivity contribution is 7.80. The van der Waals surface area contributed by atoms with Crippen molar-refractivity contribution in [2.24, 2.45) is 0 Å². The molecule has 0 saturated carbocycles. The third-order valence-electron chi connectivity index (χ3n) is 6.90. The SMILES string of the molecule is Cc1ccc(C)c(NC(=O)CCN2C(=S)N[C@H](c3ccccn3)[C@@H]2c2cccn2-c2cccc(C(=O)O)c2)c1. The third-order valence-corrected chi connectivity index (χ3v) is 7.25. The van der Waals surface area contributed by atoms with Crippen LogP contribution in [0.5, 0.6) is 0 Å². The number of rotatable bonds is 8. The van der Waals surface area contributed by atoms with Crippen LogP contribution in [0.3, 0.4) is 0 Å². The Morgan fingerprint density at radius 3 is 2.67 bits per heavy atom. The Morgan fingerprint density at radius 2 is 1.90 bits per heavy atom. The summed E-state index contributed by atoms with van der Waals surface area (Å²) in [6, 6.07) is 21.9. The molecule has 2 aromatic carbocycles. The molecule has 8 nitrogen and oxygen atoms in total. The Kier molecular flexibility index (Phi) is 7.42. The van der Waals surface area contributed by atoms with E-state index < -0.39 is 5.97 Å². The van der Waals surface area contributed by atoms with Gasteiger partial charge in [-0.05, 0) is 85.7 Å². The number of carboxylic acid groups (broad SMARTS) is 1. The van der Waals surface area contributed by atoms with Gasteiger partial charge in [-0.15, -0.1) is 0 Å². The molecule has 0 radical (unpaired) electrons. The quantitative estimate of drug-likeness (QED) is 0.265. The molecule has 3 N–H and O–H groups in total. The van der Waals surface area contributed by atoms with Crippen molar-refractivity contribution in [1.82, 2.24) is 19.8 Å². The molecule has 3 heterocycles. The largest absolute Gasteiger partial charge is 0.478 e. The minimum Gasteiger partial charge on any atom is -0.478 e. The molecule has 1 fully saturated rings. The maximum absolute atomic E-state index is 13.0.